The second kappa shape index (κ2) is 5.75. The Hall–Kier alpha value is -0.450. The summed E-state index contributed by atoms with van der Waals surface area (Å²) in [4.78, 5) is 4.31. The fraction of sp³-hybridized carbons (Fsp3) is 0.583. The molecule has 0 aromatic carbocycles. The summed E-state index contributed by atoms with van der Waals surface area (Å²) in [6.07, 6.45) is 6.52. The number of halogens is 1. The molecule has 0 spiro atoms. The van der Waals surface area contributed by atoms with Gasteiger partial charge in [-0.15, -0.1) is 0 Å². The largest absolute Gasteiger partial charge is 0.378 e. The maximum absolute atomic E-state index is 6.13. The molecule has 0 radical (unpaired) electrons. The molecule has 4 heteroatoms. The summed E-state index contributed by atoms with van der Waals surface area (Å²) in [7, 11) is 0. The SMILES string of the molecule is NC(CCC1CCCO1)c1ncccc1Br. The molecule has 2 rings (SSSR count). The molecule has 2 N–H and O–H groups in total. The third-order valence-corrected chi connectivity index (χ3v) is 3.63. The monoisotopic (exact) mass is 284 g/mol. The molecule has 1 fully saturated rings. The summed E-state index contributed by atoms with van der Waals surface area (Å²) in [6, 6.07) is 3.88. The van der Waals surface area contributed by atoms with E-state index in [1.54, 1.807) is 6.20 Å². The predicted molar refractivity (Wildman–Crippen MR) is 67.1 cm³/mol. The van der Waals surface area contributed by atoms with Crippen LogP contribution in [0.1, 0.15) is 37.4 Å². The van der Waals surface area contributed by atoms with Crippen LogP contribution in [0, 0.1) is 0 Å². The van der Waals surface area contributed by atoms with Crippen LogP contribution in [-0.4, -0.2) is 17.7 Å². The second-order valence-electron chi connectivity index (χ2n) is 4.19. The minimum Gasteiger partial charge on any atom is -0.378 e. The average molecular weight is 285 g/mol. The molecule has 2 unspecified atom stereocenters. The summed E-state index contributed by atoms with van der Waals surface area (Å²) in [5.41, 5.74) is 7.07. The van der Waals surface area contributed by atoms with Crippen molar-refractivity contribution in [1.29, 1.82) is 0 Å². The van der Waals surface area contributed by atoms with Gasteiger partial charge in [0.15, 0.2) is 0 Å². The van der Waals surface area contributed by atoms with Crippen molar-refractivity contribution in [2.45, 2.75) is 37.8 Å². The number of pyridine rings is 1. The minimum atomic E-state index is -0.000208. The van der Waals surface area contributed by atoms with Crippen LogP contribution in [0.15, 0.2) is 22.8 Å². The van der Waals surface area contributed by atoms with Gasteiger partial charge < -0.3 is 10.5 Å². The van der Waals surface area contributed by atoms with E-state index in [2.05, 4.69) is 20.9 Å². The Bertz CT molecular complexity index is 340. The lowest BCUT2D eigenvalue weighted by molar-refractivity contribution is 0.101. The standard InChI is InChI=1S/C12H17BrN2O/c13-10-4-1-7-15-12(10)11(14)6-5-9-3-2-8-16-9/h1,4,7,9,11H,2-3,5-6,8,14H2. The first-order chi connectivity index (χ1) is 7.77. The highest BCUT2D eigenvalue weighted by molar-refractivity contribution is 9.10. The molecular weight excluding hydrogens is 268 g/mol. The number of rotatable bonds is 4. The second-order valence-corrected chi connectivity index (χ2v) is 5.04. The number of nitrogens with zero attached hydrogens (tertiary/aromatic N) is 1. The molecule has 88 valence electrons. The van der Waals surface area contributed by atoms with Crippen LogP contribution in [0.3, 0.4) is 0 Å². The third kappa shape index (κ3) is 3.03. The highest BCUT2D eigenvalue weighted by Gasteiger charge is 2.18. The lowest BCUT2D eigenvalue weighted by Crippen LogP contribution is -2.16. The average Bonchev–Trinajstić information content (AvgIpc) is 2.79. The van der Waals surface area contributed by atoms with E-state index in [4.69, 9.17) is 10.5 Å². The van der Waals surface area contributed by atoms with Crippen LogP contribution < -0.4 is 5.73 Å². The number of nitrogens with two attached hydrogens (primary N) is 1. The van der Waals surface area contributed by atoms with Gasteiger partial charge in [0.05, 0.1) is 11.8 Å². The van der Waals surface area contributed by atoms with Crippen molar-refractivity contribution in [2.75, 3.05) is 6.61 Å². The van der Waals surface area contributed by atoms with Crippen molar-refractivity contribution >= 4 is 15.9 Å². The molecule has 1 saturated heterocycles. The lowest BCUT2D eigenvalue weighted by Gasteiger charge is -2.15. The molecule has 0 saturated carbocycles. The van der Waals surface area contributed by atoms with Crippen LogP contribution in [0.4, 0.5) is 0 Å². The predicted octanol–water partition coefficient (Wildman–Crippen LogP) is 2.80. The van der Waals surface area contributed by atoms with Crippen molar-refractivity contribution in [3.05, 3.63) is 28.5 Å². The van der Waals surface area contributed by atoms with Crippen LogP contribution in [0.2, 0.25) is 0 Å². The van der Waals surface area contributed by atoms with E-state index >= 15 is 0 Å². The van der Waals surface area contributed by atoms with Gasteiger partial charge >= 0.3 is 0 Å². The van der Waals surface area contributed by atoms with Crippen molar-refractivity contribution in [1.82, 2.24) is 4.98 Å². The Balaban J connectivity index is 1.87. The fourth-order valence-corrected chi connectivity index (χ4v) is 2.59. The van der Waals surface area contributed by atoms with Gasteiger partial charge in [-0.05, 0) is 53.7 Å². The van der Waals surface area contributed by atoms with Crippen LogP contribution in [0.5, 0.6) is 0 Å². The first kappa shape index (κ1) is 12.0. The van der Waals surface area contributed by atoms with Gasteiger partial charge in [-0.1, -0.05) is 0 Å². The summed E-state index contributed by atoms with van der Waals surface area (Å²) >= 11 is 3.48. The molecule has 1 aliphatic rings. The summed E-state index contributed by atoms with van der Waals surface area (Å²) < 4.78 is 6.58. The highest BCUT2D eigenvalue weighted by Crippen LogP contribution is 2.25. The molecule has 2 atom stereocenters. The van der Waals surface area contributed by atoms with Gasteiger partial charge in [0.2, 0.25) is 0 Å². The first-order valence-electron chi connectivity index (χ1n) is 5.75. The van der Waals surface area contributed by atoms with Gasteiger partial charge in [-0.3, -0.25) is 4.98 Å². The van der Waals surface area contributed by atoms with Crippen molar-refractivity contribution < 1.29 is 4.74 Å². The van der Waals surface area contributed by atoms with Crippen LogP contribution >= 0.6 is 15.9 Å². The Morgan fingerprint density at radius 3 is 3.19 bits per heavy atom. The van der Waals surface area contributed by atoms with Gasteiger partial charge in [-0.2, -0.15) is 0 Å². The van der Waals surface area contributed by atoms with Crippen molar-refractivity contribution in [2.24, 2.45) is 5.73 Å². The van der Waals surface area contributed by atoms with Gasteiger partial charge in [-0.25, -0.2) is 0 Å². The number of ether oxygens (including phenoxy) is 1. The van der Waals surface area contributed by atoms with Gasteiger partial charge in [0.25, 0.3) is 0 Å². The molecule has 2 heterocycles. The first-order valence-corrected chi connectivity index (χ1v) is 6.54. The zero-order chi connectivity index (χ0) is 11.4. The molecule has 16 heavy (non-hydrogen) atoms. The van der Waals surface area contributed by atoms with Gasteiger partial charge in [0.1, 0.15) is 0 Å². The van der Waals surface area contributed by atoms with E-state index in [9.17, 15) is 0 Å². The quantitative estimate of drug-likeness (QED) is 0.925. The van der Waals surface area contributed by atoms with E-state index in [1.165, 1.54) is 12.8 Å². The maximum Gasteiger partial charge on any atom is 0.0712 e. The van der Waals surface area contributed by atoms with E-state index in [-0.39, 0.29) is 6.04 Å². The van der Waals surface area contributed by atoms with E-state index in [0.717, 1.165) is 29.6 Å². The summed E-state index contributed by atoms with van der Waals surface area (Å²) in [5, 5.41) is 0. The van der Waals surface area contributed by atoms with Crippen molar-refractivity contribution in [3.63, 3.8) is 0 Å². The van der Waals surface area contributed by atoms with Crippen LogP contribution in [0.25, 0.3) is 0 Å². The van der Waals surface area contributed by atoms with Crippen molar-refractivity contribution in [3.8, 4) is 0 Å². The Kier molecular flexibility index (Phi) is 4.32. The Morgan fingerprint density at radius 2 is 2.50 bits per heavy atom. The molecule has 0 aliphatic carbocycles. The normalized spacial score (nSPS) is 22.2. The smallest absolute Gasteiger partial charge is 0.0712 e. The Morgan fingerprint density at radius 1 is 1.62 bits per heavy atom. The number of aromatic nitrogens is 1. The lowest BCUT2D eigenvalue weighted by atomic mass is 10.0. The molecule has 0 bridgehead atoms. The Labute approximate surface area is 105 Å². The molecule has 1 aliphatic heterocycles. The zero-order valence-electron chi connectivity index (χ0n) is 9.23. The molecular formula is C12H17BrN2O. The summed E-state index contributed by atoms with van der Waals surface area (Å²) in [5.74, 6) is 0. The van der Waals surface area contributed by atoms with E-state index < -0.39 is 0 Å². The topological polar surface area (TPSA) is 48.1 Å². The number of hydrogen-bond donors (Lipinski definition) is 1. The molecule has 1 aromatic rings. The highest BCUT2D eigenvalue weighted by atomic mass is 79.9. The molecule has 3 nitrogen and oxygen atoms in total. The maximum atomic E-state index is 6.13. The zero-order valence-corrected chi connectivity index (χ0v) is 10.8. The van der Waals surface area contributed by atoms with Crippen LogP contribution in [-0.2, 0) is 4.74 Å². The minimum absolute atomic E-state index is 0.000208. The fourth-order valence-electron chi connectivity index (χ4n) is 2.04. The number of hydrogen-bond acceptors (Lipinski definition) is 3. The van der Waals surface area contributed by atoms with Gasteiger partial charge in [0, 0.05) is 23.3 Å². The molecule has 1 aromatic heterocycles. The van der Waals surface area contributed by atoms with E-state index in [1.807, 2.05) is 12.1 Å². The summed E-state index contributed by atoms with van der Waals surface area (Å²) in [6.45, 7) is 0.910. The third-order valence-electron chi connectivity index (χ3n) is 2.96. The molecule has 0 amide bonds. The van der Waals surface area contributed by atoms with E-state index in [0.29, 0.717) is 6.10 Å².